The average Bonchev–Trinajstić information content (AvgIpc) is 3.03. The number of nitrogens with one attached hydrogen (secondary N) is 1. The summed E-state index contributed by atoms with van der Waals surface area (Å²) in [4.78, 5) is 1.55. The fourth-order valence-corrected chi connectivity index (χ4v) is 4.02. The van der Waals surface area contributed by atoms with Crippen molar-refractivity contribution in [1.82, 2.24) is 5.32 Å². The van der Waals surface area contributed by atoms with Crippen molar-refractivity contribution >= 4 is 11.3 Å². The molecule has 0 bridgehead atoms. The van der Waals surface area contributed by atoms with Crippen LogP contribution in [0.25, 0.3) is 0 Å². The molecule has 1 unspecified atom stereocenters. The summed E-state index contributed by atoms with van der Waals surface area (Å²) in [5.41, 5.74) is 2.72. The Labute approximate surface area is 136 Å². The number of hydrogen-bond acceptors (Lipinski definition) is 4. The first-order valence-corrected chi connectivity index (χ1v) is 8.79. The number of fused-ring (bicyclic) bond motifs is 1. The third kappa shape index (κ3) is 3.28. The normalized spacial score (nSPS) is 17.1. The Kier molecular flexibility index (Phi) is 5.01. The minimum Gasteiger partial charge on any atom is -0.493 e. The van der Waals surface area contributed by atoms with Gasteiger partial charge in [0.1, 0.15) is 0 Å². The Bertz CT molecular complexity index is 623. The molecule has 0 fully saturated rings. The highest BCUT2D eigenvalue weighted by atomic mass is 32.1. The van der Waals surface area contributed by atoms with Gasteiger partial charge in [-0.05, 0) is 60.9 Å². The first-order valence-electron chi connectivity index (χ1n) is 7.91. The third-order valence-electron chi connectivity index (χ3n) is 4.13. The van der Waals surface area contributed by atoms with Crippen molar-refractivity contribution in [2.75, 3.05) is 13.7 Å². The van der Waals surface area contributed by atoms with Gasteiger partial charge < -0.3 is 14.8 Å². The molecule has 0 spiro atoms. The largest absolute Gasteiger partial charge is 0.493 e. The lowest BCUT2D eigenvalue weighted by atomic mass is 9.94. The second-order valence-corrected chi connectivity index (χ2v) is 6.54. The molecule has 1 aliphatic rings. The summed E-state index contributed by atoms with van der Waals surface area (Å²) in [6, 6.07) is 8.92. The molecule has 118 valence electrons. The highest BCUT2D eigenvalue weighted by molar-refractivity contribution is 7.10. The molecule has 1 aromatic heterocycles. The molecule has 1 atom stereocenters. The molecule has 0 saturated heterocycles. The molecule has 0 amide bonds. The van der Waals surface area contributed by atoms with Crippen LogP contribution in [0.1, 0.15) is 41.8 Å². The summed E-state index contributed by atoms with van der Waals surface area (Å²) < 4.78 is 11.0. The Balaban J connectivity index is 1.67. The van der Waals surface area contributed by atoms with Crippen molar-refractivity contribution in [3.05, 3.63) is 45.6 Å². The molecular weight excluding hydrogens is 294 g/mol. The highest BCUT2D eigenvalue weighted by Gasteiger charge is 2.20. The Morgan fingerprint density at radius 1 is 1.27 bits per heavy atom. The van der Waals surface area contributed by atoms with Crippen molar-refractivity contribution in [3.8, 4) is 11.5 Å². The van der Waals surface area contributed by atoms with E-state index >= 15 is 0 Å². The highest BCUT2D eigenvalue weighted by Crippen LogP contribution is 2.34. The number of methoxy groups -OCH3 is 1. The van der Waals surface area contributed by atoms with Crippen LogP contribution < -0.4 is 14.8 Å². The van der Waals surface area contributed by atoms with Gasteiger partial charge >= 0.3 is 0 Å². The van der Waals surface area contributed by atoms with E-state index in [1.807, 2.05) is 24.3 Å². The number of hydrogen-bond donors (Lipinski definition) is 1. The molecule has 1 aliphatic carbocycles. The Morgan fingerprint density at radius 2 is 2.18 bits per heavy atom. The number of rotatable bonds is 6. The molecule has 3 rings (SSSR count). The van der Waals surface area contributed by atoms with Crippen LogP contribution in [0.2, 0.25) is 0 Å². The van der Waals surface area contributed by atoms with Crippen molar-refractivity contribution in [2.24, 2.45) is 0 Å². The molecule has 1 heterocycles. The lowest BCUT2D eigenvalue weighted by molar-refractivity contribution is 0.310. The molecule has 4 heteroatoms. The molecule has 22 heavy (non-hydrogen) atoms. The van der Waals surface area contributed by atoms with Crippen molar-refractivity contribution in [3.63, 3.8) is 0 Å². The summed E-state index contributed by atoms with van der Waals surface area (Å²) in [5.74, 6) is 1.62. The van der Waals surface area contributed by atoms with Gasteiger partial charge in [-0.25, -0.2) is 0 Å². The fourth-order valence-electron chi connectivity index (χ4n) is 3.04. The van der Waals surface area contributed by atoms with Crippen molar-refractivity contribution in [1.29, 1.82) is 0 Å². The molecule has 0 saturated carbocycles. The second-order valence-electron chi connectivity index (χ2n) is 5.54. The quantitative estimate of drug-likeness (QED) is 0.860. The number of ether oxygens (including phenoxy) is 2. The Morgan fingerprint density at radius 3 is 3.00 bits per heavy atom. The average molecular weight is 317 g/mol. The molecule has 0 aliphatic heterocycles. The van der Waals surface area contributed by atoms with E-state index in [9.17, 15) is 0 Å². The van der Waals surface area contributed by atoms with Crippen LogP contribution in [-0.4, -0.2) is 13.7 Å². The van der Waals surface area contributed by atoms with E-state index in [1.165, 1.54) is 30.4 Å². The summed E-state index contributed by atoms with van der Waals surface area (Å²) in [6.45, 7) is 3.48. The smallest absolute Gasteiger partial charge is 0.161 e. The maximum atomic E-state index is 5.57. The van der Waals surface area contributed by atoms with E-state index < -0.39 is 0 Å². The number of benzene rings is 1. The maximum Gasteiger partial charge on any atom is 0.161 e. The van der Waals surface area contributed by atoms with Crippen molar-refractivity contribution in [2.45, 2.75) is 38.8 Å². The number of thiophene rings is 1. The van der Waals surface area contributed by atoms with Gasteiger partial charge in [0, 0.05) is 17.5 Å². The van der Waals surface area contributed by atoms with Crippen LogP contribution >= 0.6 is 11.3 Å². The van der Waals surface area contributed by atoms with Crippen LogP contribution in [0.5, 0.6) is 11.5 Å². The van der Waals surface area contributed by atoms with Gasteiger partial charge in [0.15, 0.2) is 11.5 Å². The molecule has 0 radical (unpaired) electrons. The van der Waals surface area contributed by atoms with E-state index in [4.69, 9.17) is 9.47 Å². The van der Waals surface area contributed by atoms with Crippen LogP contribution in [0.4, 0.5) is 0 Å². The standard InChI is InChI=1S/C18H23NO2S/c1-3-21-16-8-7-13(11-17(16)20-2)12-19-15-5-4-6-18-14(15)9-10-22-18/h7-11,15,19H,3-6,12H2,1-2H3. The van der Waals surface area contributed by atoms with Crippen molar-refractivity contribution < 1.29 is 9.47 Å². The van der Waals surface area contributed by atoms with Gasteiger partial charge in [-0.3, -0.25) is 0 Å². The Hall–Kier alpha value is -1.52. The predicted molar refractivity (Wildman–Crippen MR) is 91.0 cm³/mol. The van der Waals surface area contributed by atoms with E-state index in [1.54, 1.807) is 12.0 Å². The summed E-state index contributed by atoms with van der Waals surface area (Å²) in [6.07, 6.45) is 3.73. The van der Waals surface area contributed by atoms with Gasteiger partial charge in [0.2, 0.25) is 0 Å². The minimum atomic E-state index is 0.479. The zero-order valence-corrected chi connectivity index (χ0v) is 14.0. The fraction of sp³-hybridized carbons (Fsp3) is 0.444. The SMILES string of the molecule is CCOc1ccc(CNC2CCCc3sccc32)cc1OC. The predicted octanol–water partition coefficient (Wildman–Crippen LogP) is 4.32. The summed E-state index contributed by atoms with van der Waals surface area (Å²) in [7, 11) is 1.69. The first kappa shape index (κ1) is 15.4. The maximum absolute atomic E-state index is 5.57. The van der Waals surface area contributed by atoms with E-state index in [-0.39, 0.29) is 0 Å². The first-order chi connectivity index (χ1) is 10.8. The van der Waals surface area contributed by atoms with Gasteiger partial charge in [0.05, 0.1) is 13.7 Å². The van der Waals surface area contributed by atoms with Gasteiger partial charge in [-0.2, -0.15) is 0 Å². The minimum absolute atomic E-state index is 0.479. The van der Waals surface area contributed by atoms with Crippen LogP contribution in [-0.2, 0) is 13.0 Å². The van der Waals surface area contributed by atoms with Gasteiger partial charge in [0.25, 0.3) is 0 Å². The molecular formula is C18H23NO2S. The lowest BCUT2D eigenvalue weighted by Crippen LogP contribution is -2.23. The molecule has 2 aromatic rings. The summed E-state index contributed by atoms with van der Waals surface area (Å²) in [5, 5.41) is 5.91. The third-order valence-corrected chi connectivity index (χ3v) is 5.13. The zero-order valence-electron chi connectivity index (χ0n) is 13.2. The van der Waals surface area contributed by atoms with Crippen LogP contribution in [0.15, 0.2) is 29.6 Å². The van der Waals surface area contributed by atoms with Crippen LogP contribution in [0, 0.1) is 0 Å². The van der Waals surface area contributed by atoms with E-state index in [2.05, 4.69) is 28.9 Å². The molecule has 1 N–H and O–H groups in total. The number of aryl methyl sites for hydroxylation is 1. The van der Waals surface area contributed by atoms with Crippen LogP contribution in [0.3, 0.4) is 0 Å². The van der Waals surface area contributed by atoms with E-state index in [0.717, 1.165) is 18.0 Å². The summed E-state index contributed by atoms with van der Waals surface area (Å²) >= 11 is 1.89. The van der Waals surface area contributed by atoms with E-state index in [0.29, 0.717) is 12.6 Å². The zero-order chi connectivity index (χ0) is 15.4. The van der Waals surface area contributed by atoms with Gasteiger partial charge in [-0.1, -0.05) is 6.07 Å². The lowest BCUT2D eigenvalue weighted by Gasteiger charge is -2.24. The molecule has 3 nitrogen and oxygen atoms in total. The molecule has 1 aromatic carbocycles. The van der Waals surface area contributed by atoms with Gasteiger partial charge in [-0.15, -0.1) is 11.3 Å². The monoisotopic (exact) mass is 317 g/mol. The topological polar surface area (TPSA) is 30.5 Å². The second kappa shape index (κ2) is 7.16.